The van der Waals surface area contributed by atoms with Gasteiger partial charge >= 0.3 is 0 Å². The summed E-state index contributed by atoms with van der Waals surface area (Å²) in [7, 11) is 1.61. The molecule has 30 heavy (non-hydrogen) atoms. The van der Waals surface area contributed by atoms with Gasteiger partial charge in [-0.3, -0.25) is 14.5 Å². The van der Waals surface area contributed by atoms with E-state index in [0.29, 0.717) is 12.1 Å². The highest BCUT2D eigenvalue weighted by Gasteiger charge is 2.65. The Labute approximate surface area is 176 Å². The lowest BCUT2D eigenvalue weighted by Gasteiger charge is -2.36. The summed E-state index contributed by atoms with van der Waals surface area (Å²) in [6.07, 6.45) is 2.79. The molecule has 0 unspecified atom stereocenters. The number of rotatable bonds is 3. The molecule has 1 spiro atoms. The second-order valence-electron chi connectivity index (χ2n) is 8.72. The molecule has 3 heterocycles. The molecular formula is C24H27N3O3. The van der Waals surface area contributed by atoms with E-state index in [2.05, 4.69) is 27.7 Å². The van der Waals surface area contributed by atoms with Crippen LogP contribution < -0.4 is 15.4 Å². The molecule has 0 aliphatic carbocycles. The van der Waals surface area contributed by atoms with Crippen LogP contribution in [-0.4, -0.2) is 36.4 Å². The summed E-state index contributed by atoms with van der Waals surface area (Å²) in [5.41, 5.74) is 3.78. The summed E-state index contributed by atoms with van der Waals surface area (Å²) in [6.45, 7) is 4.91. The van der Waals surface area contributed by atoms with E-state index in [1.165, 1.54) is 0 Å². The predicted molar refractivity (Wildman–Crippen MR) is 116 cm³/mol. The number of ether oxygens (including phenoxy) is 1. The molecule has 156 valence electrons. The molecule has 2 aromatic carbocycles. The van der Waals surface area contributed by atoms with Gasteiger partial charge in [-0.25, -0.2) is 0 Å². The number of amides is 2. The first-order chi connectivity index (χ1) is 14.4. The molecule has 0 bridgehead atoms. The van der Waals surface area contributed by atoms with Crippen molar-refractivity contribution in [3.8, 4) is 5.75 Å². The zero-order chi connectivity index (χ0) is 21.0. The molecule has 2 fully saturated rings. The van der Waals surface area contributed by atoms with Gasteiger partial charge < -0.3 is 15.4 Å². The average Bonchev–Trinajstić information content (AvgIpc) is 3.38. The number of hydrogen-bond donors (Lipinski definition) is 2. The largest absolute Gasteiger partial charge is 0.497 e. The van der Waals surface area contributed by atoms with Crippen molar-refractivity contribution in [1.82, 2.24) is 4.90 Å². The van der Waals surface area contributed by atoms with Gasteiger partial charge in [0.1, 0.15) is 11.3 Å². The number of methoxy groups -OCH3 is 1. The minimum atomic E-state index is -0.927. The summed E-state index contributed by atoms with van der Waals surface area (Å²) in [5.74, 6) is 0.135. The average molecular weight is 405 g/mol. The van der Waals surface area contributed by atoms with E-state index in [9.17, 15) is 9.59 Å². The van der Waals surface area contributed by atoms with Gasteiger partial charge in [0.15, 0.2) is 0 Å². The highest BCUT2D eigenvalue weighted by molar-refractivity contribution is 6.11. The number of benzene rings is 2. The maximum absolute atomic E-state index is 13.6. The van der Waals surface area contributed by atoms with Crippen molar-refractivity contribution in [2.75, 3.05) is 24.3 Å². The number of anilines is 2. The minimum Gasteiger partial charge on any atom is -0.497 e. The minimum absolute atomic E-state index is 0.0644. The van der Waals surface area contributed by atoms with Crippen molar-refractivity contribution in [3.05, 3.63) is 53.1 Å². The van der Waals surface area contributed by atoms with Crippen molar-refractivity contribution in [1.29, 1.82) is 0 Å². The molecule has 3 aliphatic rings. The summed E-state index contributed by atoms with van der Waals surface area (Å²) < 4.78 is 5.20. The Balaban J connectivity index is 1.57. The zero-order valence-electron chi connectivity index (χ0n) is 17.6. The predicted octanol–water partition coefficient (Wildman–Crippen LogP) is 3.58. The van der Waals surface area contributed by atoms with Crippen LogP contribution in [0.4, 0.5) is 11.4 Å². The molecule has 2 aromatic rings. The molecule has 2 amide bonds. The summed E-state index contributed by atoms with van der Waals surface area (Å²) in [4.78, 5) is 29.4. The Bertz CT molecular complexity index is 1030. The lowest BCUT2D eigenvalue weighted by Crippen LogP contribution is -2.53. The van der Waals surface area contributed by atoms with Gasteiger partial charge in [-0.1, -0.05) is 17.7 Å². The number of nitrogens with zero attached hydrogens (tertiary/aromatic N) is 1. The van der Waals surface area contributed by atoms with E-state index in [1.54, 1.807) is 7.11 Å². The lowest BCUT2D eigenvalue weighted by atomic mass is 9.77. The van der Waals surface area contributed by atoms with E-state index in [1.807, 2.05) is 38.1 Å². The fourth-order valence-electron chi connectivity index (χ4n) is 5.78. The Morgan fingerprint density at radius 1 is 1.23 bits per heavy atom. The normalized spacial score (nSPS) is 27.1. The van der Waals surface area contributed by atoms with Crippen LogP contribution in [0.1, 0.15) is 36.0 Å². The maximum Gasteiger partial charge on any atom is 0.250 e. The van der Waals surface area contributed by atoms with Gasteiger partial charge in [0.2, 0.25) is 11.8 Å². The second-order valence-corrected chi connectivity index (χ2v) is 8.72. The third kappa shape index (κ3) is 2.59. The van der Waals surface area contributed by atoms with Crippen molar-refractivity contribution >= 4 is 23.2 Å². The number of nitrogens with one attached hydrogen (secondary N) is 2. The van der Waals surface area contributed by atoms with Crippen molar-refractivity contribution in [2.45, 2.75) is 44.7 Å². The van der Waals surface area contributed by atoms with E-state index in [-0.39, 0.29) is 17.9 Å². The summed E-state index contributed by atoms with van der Waals surface area (Å²) >= 11 is 0. The van der Waals surface area contributed by atoms with Crippen molar-refractivity contribution in [2.24, 2.45) is 5.92 Å². The molecule has 3 atom stereocenters. The number of carbonyl (C=O) groups excluding carboxylic acids is 2. The van der Waals surface area contributed by atoms with Gasteiger partial charge in [-0.05, 0) is 69.5 Å². The quantitative estimate of drug-likeness (QED) is 0.819. The molecule has 0 saturated carbocycles. The van der Waals surface area contributed by atoms with Crippen LogP contribution in [0.2, 0.25) is 0 Å². The molecule has 6 heteroatoms. The first kappa shape index (κ1) is 19.1. The highest BCUT2D eigenvalue weighted by Crippen LogP contribution is 2.56. The van der Waals surface area contributed by atoms with E-state index >= 15 is 0 Å². The standard InChI is InChI=1S/C24H27N3O3/c1-14-11-15(2)21-19(12-14)24(23(29)26-21)20(13-17-5-4-10-27(17)24)22(28)25-16-6-8-18(30-3)9-7-16/h6-9,11-12,17,20H,4-5,10,13H2,1-3H3,(H,25,28)(H,26,29)/t17-,20+,24+/m1/s1. The van der Waals surface area contributed by atoms with Crippen molar-refractivity contribution < 1.29 is 14.3 Å². The van der Waals surface area contributed by atoms with Gasteiger partial charge in [0.25, 0.3) is 0 Å². The van der Waals surface area contributed by atoms with Crippen LogP contribution in [0.25, 0.3) is 0 Å². The number of hydrogen-bond acceptors (Lipinski definition) is 4. The van der Waals surface area contributed by atoms with Gasteiger partial charge in [-0.2, -0.15) is 0 Å². The van der Waals surface area contributed by atoms with Gasteiger partial charge in [0, 0.05) is 23.0 Å². The highest BCUT2D eigenvalue weighted by atomic mass is 16.5. The van der Waals surface area contributed by atoms with Crippen LogP contribution in [0.3, 0.4) is 0 Å². The maximum atomic E-state index is 13.6. The summed E-state index contributed by atoms with van der Waals surface area (Å²) in [6, 6.07) is 11.7. The van der Waals surface area contributed by atoms with Crippen LogP contribution in [0.15, 0.2) is 36.4 Å². The molecular weight excluding hydrogens is 378 g/mol. The SMILES string of the molecule is COc1ccc(NC(=O)[C@@H]2C[C@H]3CCCN3[C@]23C(=O)Nc2c(C)cc(C)cc23)cc1. The zero-order valence-corrected chi connectivity index (χ0v) is 17.6. The molecule has 0 radical (unpaired) electrons. The molecule has 3 aliphatic heterocycles. The number of fused-ring (bicyclic) bond motifs is 4. The third-order valence-corrected chi connectivity index (χ3v) is 6.99. The van der Waals surface area contributed by atoms with Crippen LogP contribution in [0.5, 0.6) is 5.75 Å². The van der Waals surface area contributed by atoms with Gasteiger partial charge in [-0.15, -0.1) is 0 Å². The van der Waals surface area contributed by atoms with E-state index in [4.69, 9.17) is 4.74 Å². The van der Waals surface area contributed by atoms with Crippen LogP contribution in [-0.2, 0) is 15.1 Å². The molecule has 0 aromatic heterocycles. The molecule has 2 saturated heterocycles. The topological polar surface area (TPSA) is 70.7 Å². The Hall–Kier alpha value is -2.86. The van der Waals surface area contributed by atoms with Gasteiger partial charge in [0.05, 0.1) is 13.0 Å². The van der Waals surface area contributed by atoms with E-state index < -0.39 is 11.5 Å². The Morgan fingerprint density at radius 3 is 2.73 bits per heavy atom. The lowest BCUT2D eigenvalue weighted by molar-refractivity contribution is -0.135. The fourth-order valence-corrected chi connectivity index (χ4v) is 5.78. The summed E-state index contributed by atoms with van der Waals surface area (Å²) in [5, 5.41) is 6.18. The Kier molecular flexibility index (Phi) is 4.36. The van der Waals surface area contributed by atoms with E-state index in [0.717, 1.165) is 47.5 Å². The van der Waals surface area contributed by atoms with Crippen LogP contribution in [0, 0.1) is 19.8 Å². The molecule has 2 N–H and O–H groups in total. The second kappa shape index (κ2) is 6.84. The molecule has 6 nitrogen and oxygen atoms in total. The molecule has 5 rings (SSSR count). The first-order valence-corrected chi connectivity index (χ1v) is 10.6. The van der Waals surface area contributed by atoms with Crippen LogP contribution >= 0.6 is 0 Å². The Morgan fingerprint density at radius 2 is 2.00 bits per heavy atom. The first-order valence-electron chi connectivity index (χ1n) is 10.6. The number of carbonyl (C=O) groups is 2. The van der Waals surface area contributed by atoms with Crippen molar-refractivity contribution in [3.63, 3.8) is 0 Å². The number of aryl methyl sites for hydroxylation is 2. The third-order valence-electron chi connectivity index (χ3n) is 6.99. The monoisotopic (exact) mass is 405 g/mol. The smallest absolute Gasteiger partial charge is 0.250 e. The fraction of sp³-hybridized carbons (Fsp3) is 0.417.